The molecule has 13 heteroatoms. The number of rotatable bonds is 10. The Kier molecular flexibility index (Phi) is 9.09. The molecule has 2 fully saturated rings. The van der Waals surface area contributed by atoms with E-state index in [4.69, 9.17) is 0 Å². The Morgan fingerprint density at radius 3 is 2.64 bits per heavy atom. The van der Waals surface area contributed by atoms with Crippen molar-refractivity contribution in [3.05, 3.63) is 77.2 Å². The number of aromatic nitrogens is 1. The summed E-state index contributed by atoms with van der Waals surface area (Å²) in [5, 5.41) is 16.2. The monoisotopic (exact) mass is 623 g/mol. The van der Waals surface area contributed by atoms with Crippen molar-refractivity contribution >= 4 is 44.7 Å². The summed E-state index contributed by atoms with van der Waals surface area (Å²) < 4.78 is 40.7. The van der Waals surface area contributed by atoms with Crippen molar-refractivity contribution in [3.8, 4) is 0 Å². The van der Waals surface area contributed by atoms with Crippen molar-refractivity contribution in [3.63, 3.8) is 0 Å². The van der Waals surface area contributed by atoms with E-state index in [1.54, 1.807) is 19.1 Å². The third-order valence-electron chi connectivity index (χ3n) is 7.82. The Morgan fingerprint density at radius 2 is 1.91 bits per heavy atom. The molecule has 1 saturated carbocycles. The highest BCUT2D eigenvalue weighted by molar-refractivity contribution is 7.89. The van der Waals surface area contributed by atoms with Gasteiger partial charge >= 0.3 is 0 Å². The minimum Gasteiger partial charge on any atom is -0.391 e. The molecule has 0 spiro atoms. The van der Waals surface area contributed by atoms with Crippen molar-refractivity contribution in [2.45, 2.75) is 49.3 Å². The van der Waals surface area contributed by atoms with E-state index in [0.717, 1.165) is 18.4 Å². The Balaban J connectivity index is 1.27. The number of allylic oxidation sites excluding steroid dienone is 1. The molecule has 11 nitrogen and oxygen atoms in total. The van der Waals surface area contributed by atoms with Crippen LogP contribution in [0.1, 0.15) is 53.8 Å². The lowest BCUT2D eigenvalue weighted by Gasteiger charge is -2.26. The third kappa shape index (κ3) is 7.12. The Morgan fingerprint density at radius 1 is 1.14 bits per heavy atom. The van der Waals surface area contributed by atoms with E-state index in [1.165, 1.54) is 48.3 Å². The summed E-state index contributed by atoms with van der Waals surface area (Å²) in [4.78, 5) is 44.7. The van der Waals surface area contributed by atoms with Gasteiger partial charge in [-0.3, -0.25) is 14.4 Å². The van der Waals surface area contributed by atoms with Gasteiger partial charge in [-0.05, 0) is 80.3 Å². The van der Waals surface area contributed by atoms with Crippen LogP contribution in [0.4, 0.5) is 4.39 Å². The SMILES string of the molecule is CNS(=O)(=O)c1ccc(/C=C/C2CC2)c([C@H](C)NC(=O)[C@@H]2C[C@@H](O)CN2C(=O)CNC(=O)c2ccc3cc(F)ccc3n2)c1. The number of β-amino-alcohol motifs (C(OH)–C–C–N with tert-alkyl or cyclic N) is 1. The van der Waals surface area contributed by atoms with E-state index in [-0.39, 0.29) is 23.6 Å². The van der Waals surface area contributed by atoms with Gasteiger partial charge in [-0.1, -0.05) is 24.3 Å². The van der Waals surface area contributed by atoms with Crippen LogP contribution in [0.25, 0.3) is 17.0 Å². The number of sulfonamides is 1. The first-order chi connectivity index (χ1) is 20.9. The van der Waals surface area contributed by atoms with Crippen molar-refractivity contribution in [1.29, 1.82) is 0 Å². The predicted molar refractivity (Wildman–Crippen MR) is 161 cm³/mol. The Labute approximate surface area is 254 Å². The lowest BCUT2D eigenvalue weighted by Crippen LogP contribution is -2.49. The van der Waals surface area contributed by atoms with Crippen molar-refractivity contribution in [1.82, 2.24) is 25.2 Å². The van der Waals surface area contributed by atoms with E-state index in [0.29, 0.717) is 22.4 Å². The number of pyridine rings is 1. The highest BCUT2D eigenvalue weighted by Crippen LogP contribution is 2.32. The van der Waals surface area contributed by atoms with Gasteiger partial charge in [-0.25, -0.2) is 22.5 Å². The quantitative estimate of drug-likeness (QED) is 0.270. The third-order valence-corrected chi connectivity index (χ3v) is 9.23. The minimum atomic E-state index is -3.73. The van der Waals surface area contributed by atoms with Crippen LogP contribution < -0.4 is 15.4 Å². The number of nitrogens with one attached hydrogen (secondary N) is 3. The van der Waals surface area contributed by atoms with Gasteiger partial charge in [-0.15, -0.1) is 0 Å². The number of amides is 3. The van der Waals surface area contributed by atoms with Crippen LogP contribution in [-0.4, -0.2) is 73.4 Å². The number of nitrogens with zero attached hydrogens (tertiary/aromatic N) is 2. The molecule has 2 heterocycles. The number of aliphatic hydroxyl groups is 1. The number of benzene rings is 2. The molecule has 3 aromatic rings. The largest absolute Gasteiger partial charge is 0.391 e. The topological polar surface area (TPSA) is 158 Å². The molecule has 3 atom stereocenters. The number of likely N-dealkylation sites (tertiary alicyclic amines) is 1. The van der Waals surface area contributed by atoms with E-state index in [1.807, 2.05) is 6.08 Å². The first kappa shape index (κ1) is 31.2. The van der Waals surface area contributed by atoms with Crippen LogP contribution in [-0.2, 0) is 19.6 Å². The maximum absolute atomic E-state index is 13.5. The first-order valence-corrected chi connectivity index (χ1v) is 15.8. The van der Waals surface area contributed by atoms with Gasteiger partial charge in [0.1, 0.15) is 17.6 Å². The van der Waals surface area contributed by atoms with E-state index < -0.39 is 58.3 Å². The molecule has 44 heavy (non-hydrogen) atoms. The van der Waals surface area contributed by atoms with Gasteiger partial charge in [0.05, 0.1) is 29.1 Å². The molecule has 3 amide bonds. The zero-order valence-electron chi connectivity index (χ0n) is 24.3. The standard InChI is InChI=1S/C31H34FN5O6S/c1-18(25-15-24(44(42,43)33-2)10-7-20(25)6-5-19-3-4-19)35-31(41)28-14-23(38)17-37(28)29(39)16-34-30(40)27-11-8-21-13-22(32)9-12-26(21)36-27/h5-13,15,18-19,23,28,33,38H,3-4,14,16-17H2,1-2H3,(H,34,40)(H,35,41)/b6-5+/t18-,23+,28-/m0/s1. The minimum absolute atomic E-state index is 0.00361. The second kappa shape index (κ2) is 12.8. The van der Waals surface area contributed by atoms with Crippen LogP contribution in [0, 0.1) is 11.7 Å². The number of halogens is 1. The van der Waals surface area contributed by atoms with Crippen molar-refractivity contribution < 1.29 is 32.3 Å². The van der Waals surface area contributed by atoms with E-state index >= 15 is 0 Å². The number of hydrogen-bond donors (Lipinski definition) is 4. The number of carbonyl (C=O) groups is 3. The predicted octanol–water partition coefficient (Wildman–Crippen LogP) is 2.27. The molecule has 0 bridgehead atoms. The molecule has 1 aliphatic carbocycles. The lowest BCUT2D eigenvalue weighted by atomic mass is 10.00. The number of hydrogen-bond acceptors (Lipinski definition) is 7. The lowest BCUT2D eigenvalue weighted by molar-refractivity contribution is -0.138. The normalized spacial score (nSPS) is 19.3. The van der Waals surface area contributed by atoms with Gasteiger partial charge in [0.2, 0.25) is 21.8 Å². The highest BCUT2D eigenvalue weighted by atomic mass is 32.2. The summed E-state index contributed by atoms with van der Waals surface area (Å²) in [5.41, 5.74) is 1.80. The van der Waals surface area contributed by atoms with Gasteiger partial charge in [-0.2, -0.15) is 0 Å². The summed E-state index contributed by atoms with van der Waals surface area (Å²) in [5.74, 6) is -1.65. The summed E-state index contributed by atoms with van der Waals surface area (Å²) >= 11 is 0. The van der Waals surface area contributed by atoms with Crippen LogP contribution in [0.2, 0.25) is 0 Å². The molecule has 2 aliphatic rings. The number of carbonyl (C=O) groups excluding carboxylic acids is 3. The summed E-state index contributed by atoms with van der Waals surface area (Å²) in [6.45, 7) is 1.19. The molecule has 1 saturated heterocycles. The zero-order chi connectivity index (χ0) is 31.6. The number of fused-ring (bicyclic) bond motifs is 1. The molecule has 0 unspecified atom stereocenters. The van der Waals surface area contributed by atoms with E-state index in [2.05, 4.69) is 26.4 Å². The van der Waals surface area contributed by atoms with Crippen LogP contribution in [0.3, 0.4) is 0 Å². The maximum atomic E-state index is 13.5. The molecule has 4 N–H and O–H groups in total. The van der Waals surface area contributed by atoms with Gasteiger partial charge in [0.15, 0.2) is 0 Å². The van der Waals surface area contributed by atoms with Crippen LogP contribution in [0.5, 0.6) is 0 Å². The molecular formula is C31H34FN5O6S. The van der Waals surface area contributed by atoms with Gasteiger partial charge in [0.25, 0.3) is 5.91 Å². The number of aliphatic hydroxyl groups excluding tert-OH is 1. The Bertz CT molecular complexity index is 1740. The maximum Gasteiger partial charge on any atom is 0.270 e. The second-order valence-corrected chi connectivity index (χ2v) is 13.0. The molecule has 1 aromatic heterocycles. The van der Waals surface area contributed by atoms with Crippen LogP contribution in [0.15, 0.2) is 59.5 Å². The van der Waals surface area contributed by atoms with Crippen molar-refractivity contribution in [2.24, 2.45) is 5.92 Å². The average molecular weight is 624 g/mol. The molecule has 232 valence electrons. The fourth-order valence-corrected chi connectivity index (χ4v) is 5.95. The second-order valence-electron chi connectivity index (χ2n) is 11.1. The van der Waals surface area contributed by atoms with Gasteiger partial charge in [0, 0.05) is 18.4 Å². The molecule has 2 aromatic carbocycles. The Hall–Kier alpha value is -4.20. The summed E-state index contributed by atoms with van der Waals surface area (Å²) in [7, 11) is -2.41. The molecular weight excluding hydrogens is 589 g/mol. The first-order valence-electron chi connectivity index (χ1n) is 14.3. The smallest absolute Gasteiger partial charge is 0.270 e. The molecule has 0 radical (unpaired) electrons. The van der Waals surface area contributed by atoms with Crippen LogP contribution >= 0.6 is 0 Å². The van der Waals surface area contributed by atoms with Crippen molar-refractivity contribution in [2.75, 3.05) is 20.1 Å². The average Bonchev–Trinajstić information content (AvgIpc) is 3.76. The van der Waals surface area contributed by atoms with E-state index in [9.17, 15) is 32.3 Å². The zero-order valence-corrected chi connectivity index (χ0v) is 25.1. The fourth-order valence-electron chi connectivity index (χ4n) is 5.19. The summed E-state index contributed by atoms with van der Waals surface area (Å²) in [6.07, 6.45) is 5.24. The summed E-state index contributed by atoms with van der Waals surface area (Å²) in [6, 6.07) is 10.0. The van der Waals surface area contributed by atoms with Gasteiger partial charge < -0.3 is 20.6 Å². The highest BCUT2D eigenvalue weighted by Gasteiger charge is 2.39. The fraction of sp³-hybridized carbons (Fsp3) is 0.355. The molecule has 5 rings (SSSR count). The molecule has 1 aliphatic heterocycles.